The molecule has 2 aromatic heterocycles. The maximum atomic E-state index is 12.6. The fourth-order valence-corrected chi connectivity index (χ4v) is 9.98. The maximum absolute atomic E-state index is 12.6. The van der Waals surface area contributed by atoms with Gasteiger partial charge >= 0.3 is 0 Å². The Labute approximate surface area is 445 Å². The first-order chi connectivity index (χ1) is 38.7. The maximum Gasteiger partial charge on any atom is 0.149 e. The van der Waals surface area contributed by atoms with Crippen molar-refractivity contribution < 1.29 is 17.4 Å². The number of pyridine rings is 1. The van der Waals surface area contributed by atoms with Crippen LogP contribution in [0.15, 0.2) is 188 Å². The number of nitrogens with zero attached hydrogens (tertiary/aromatic N) is 3. The third kappa shape index (κ3) is 9.67. The molecule has 0 radical (unpaired) electrons. The van der Waals surface area contributed by atoms with Gasteiger partial charge in [0.1, 0.15) is 11.6 Å². The lowest BCUT2D eigenvalue weighted by Gasteiger charge is -2.22. The van der Waals surface area contributed by atoms with Crippen molar-refractivity contribution in [2.75, 3.05) is 0 Å². The second kappa shape index (κ2) is 19.3. The Balaban J connectivity index is 1.22. The molecular formula is C69H67N3O. The molecule has 4 heteroatoms. The van der Waals surface area contributed by atoms with Gasteiger partial charge in [-0.1, -0.05) is 196 Å². The SMILES string of the molecule is [2H]C([2H])([2H])C(c1ccc(-c2ccnc(-c3cc(-c4ccccc4)cc(-c4cccc5c4nc(-c4cc(C(C)C)cc(C(C)C)c4O)n5-c4cc(-c5ccccc5)c(C)cc4-c4ccc(C(C)(C)C)cc4)c3)c2)cc1)(C([2H])([2H])[2H])C([2H])([2H])[2H]. The van der Waals surface area contributed by atoms with Crippen LogP contribution in [0.2, 0.25) is 0 Å². The van der Waals surface area contributed by atoms with Gasteiger partial charge in [-0.3, -0.25) is 9.55 Å². The molecule has 8 aromatic carbocycles. The number of hydrogen-bond donors (Lipinski definition) is 1. The molecule has 0 aliphatic carbocycles. The molecule has 364 valence electrons. The molecule has 0 unspecified atom stereocenters. The lowest BCUT2D eigenvalue weighted by molar-refractivity contribution is 0.466. The number of phenolic OH excluding ortho intramolecular Hbond substituents is 1. The predicted octanol–water partition coefficient (Wildman–Crippen LogP) is 18.9. The summed E-state index contributed by atoms with van der Waals surface area (Å²) in [6.07, 6.45) is 1.68. The van der Waals surface area contributed by atoms with Crippen LogP contribution < -0.4 is 0 Å². The number of aromatic hydroxyl groups is 1. The van der Waals surface area contributed by atoms with E-state index in [1.807, 2.05) is 30.3 Å². The molecular weight excluding hydrogens is 887 g/mol. The van der Waals surface area contributed by atoms with Crippen molar-refractivity contribution in [3.05, 3.63) is 216 Å². The second-order valence-corrected chi connectivity index (χ2v) is 21.1. The molecule has 10 rings (SSSR count). The summed E-state index contributed by atoms with van der Waals surface area (Å²) in [6.45, 7) is 7.22. The number of para-hydroxylation sites is 1. The molecule has 73 heavy (non-hydrogen) atoms. The largest absolute Gasteiger partial charge is 0.507 e. The fourth-order valence-electron chi connectivity index (χ4n) is 9.98. The molecule has 0 atom stereocenters. The number of fused-ring (bicyclic) bond motifs is 1. The number of benzene rings is 8. The minimum absolute atomic E-state index is 0.0150. The molecule has 10 aromatic rings. The Hall–Kier alpha value is -7.82. The first-order valence-electron chi connectivity index (χ1n) is 29.7. The number of aryl methyl sites for hydroxylation is 1. The summed E-state index contributed by atoms with van der Waals surface area (Å²) >= 11 is 0. The minimum atomic E-state index is -3.38. The van der Waals surface area contributed by atoms with Gasteiger partial charge in [-0.25, -0.2) is 4.98 Å². The van der Waals surface area contributed by atoms with Crippen molar-refractivity contribution >= 4 is 11.0 Å². The van der Waals surface area contributed by atoms with Crippen LogP contribution in [-0.4, -0.2) is 19.6 Å². The van der Waals surface area contributed by atoms with Gasteiger partial charge in [-0.15, -0.1) is 0 Å². The Kier molecular flexibility index (Phi) is 10.3. The van der Waals surface area contributed by atoms with Gasteiger partial charge in [0.15, 0.2) is 0 Å². The number of rotatable bonds is 10. The molecule has 0 aliphatic heterocycles. The Morgan fingerprint density at radius 1 is 0.493 bits per heavy atom. The van der Waals surface area contributed by atoms with Gasteiger partial charge in [0.2, 0.25) is 0 Å². The van der Waals surface area contributed by atoms with E-state index in [0.717, 1.165) is 78.0 Å². The van der Waals surface area contributed by atoms with Crippen molar-refractivity contribution in [3.63, 3.8) is 0 Å². The first-order valence-corrected chi connectivity index (χ1v) is 25.2. The normalized spacial score (nSPS) is 14.4. The molecule has 0 amide bonds. The monoisotopic (exact) mass is 963 g/mol. The van der Waals surface area contributed by atoms with Crippen LogP contribution in [-0.2, 0) is 10.8 Å². The quantitative estimate of drug-likeness (QED) is 0.149. The second-order valence-electron chi connectivity index (χ2n) is 21.1. The van der Waals surface area contributed by atoms with Gasteiger partial charge in [-0.2, -0.15) is 0 Å². The first kappa shape index (κ1) is 38.8. The summed E-state index contributed by atoms with van der Waals surface area (Å²) in [5.74, 6) is 0.944. The van der Waals surface area contributed by atoms with E-state index in [9.17, 15) is 5.11 Å². The number of phenols is 1. The summed E-state index contributed by atoms with van der Waals surface area (Å²) in [5.41, 5.74) is 14.3. The highest BCUT2D eigenvalue weighted by Gasteiger charge is 2.27. The molecule has 2 heterocycles. The standard InChI is InChI=1S/C69H67N3O/c1-43(2)51-39-58(44(3)4)66(73)61(40-51)67-71-65-57(53-36-52(46-19-14-12-15-20-46)37-54(38-53)62-41-50(33-34-70-62)47-25-29-55(30-26-47)68(6,7)8)23-18-24-63(65)72(67)64-42-59(48-21-16-13-17-22-48)45(5)35-60(64)49-27-31-56(32-28-49)69(9,10)11/h12-44,73H,1-11H3/i6D3,7D3,8D3. The van der Waals surface area contributed by atoms with E-state index in [1.165, 1.54) is 17.7 Å². The van der Waals surface area contributed by atoms with Gasteiger partial charge in [0.25, 0.3) is 0 Å². The number of hydrogen-bond acceptors (Lipinski definition) is 3. The van der Waals surface area contributed by atoms with Gasteiger partial charge < -0.3 is 5.11 Å². The molecule has 0 bridgehead atoms. The number of aromatic nitrogens is 3. The smallest absolute Gasteiger partial charge is 0.149 e. The highest BCUT2D eigenvalue weighted by Crippen LogP contribution is 2.46. The van der Waals surface area contributed by atoms with E-state index in [2.05, 4.69) is 181 Å². The van der Waals surface area contributed by atoms with E-state index in [1.54, 1.807) is 24.4 Å². The van der Waals surface area contributed by atoms with Crippen molar-refractivity contribution in [3.8, 4) is 89.7 Å². The average molecular weight is 963 g/mol. The van der Waals surface area contributed by atoms with E-state index in [-0.39, 0.29) is 28.6 Å². The Morgan fingerprint density at radius 3 is 1.74 bits per heavy atom. The van der Waals surface area contributed by atoms with E-state index in [0.29, 0.717) is 33.7 Å². The third-order valence-corrected chi connectivity index (χ3v) is 14.2. The zero-order valence-electron chi connectivity index (χ0n) is 51.8. The van der Waals surface area contributed by atoms with Gasteiger partial charge in [0.05, 0.1) is 28.0 Å². The van der Waals surface area contributed by atoms with E-state index >= 15 is 0 Å². The minimum Gasteiger partial charge on any atom is -0.507 e. The predicted molar refractivity (Wildman–Crippen MR) is 309 cm³/mol. The van der Waals surface area contributed by atoms with Crippen molar-refractivity contribution in [2.45, 2.75) is 98.6 Å². The number of imidazole rings is 1. The summed E-state index contributed by atoms with van der Waals surface area (Å²) in [5, 5.41) is 12.6. The summed E-state index contributed by atoms with van der Waals surface area (Å²) in [6, 6.07) is 60.2. The zero-order valence-corrected chi connectivity index (χ0v) is 42.8. The molecule has 0 aliphatic rings. The van der Waals surface area contributed by atoms with E-state index < -0.39 is 26.0 Å². The third-order valence-electron chi connectivity index (χ3n) is 14.2. The molecule has 0 saturated heterocycles. The molecule has 0 spiro atoms. The van der Waals surface area contributed by atoms with Crippen LogP contribution in [0.4, 0.5) is 0 Å². The Morgan fingerprint density at radius 2 is 1.10 bits per heavy atom. The molecule has 1 N–H and O–H groups in total. The van der Waals surface area contributed by atoms with Crippen LogP contribution in [0.5, 0.6) is 5.75 Å². The van der Waals surface area contributed by atoms with Crippen LogP contribution in [0.25, 0.3) is 95.0 Å². The summed E-state index contributed by atoms with van der Waals surface area (Å²) in [7, 11) is 0. The van der Waals surface area contributed by atoms with Crippen molar-refractivity contribution in [2.24, 2.45) is 0 Å². The topological polar surface area (TPSA) is 50.9 Å². The van der Waals surface area contributed by atoms with Crippen molar-refractivity contribution in [1.29, 1.82) is 0 Å². The van der Waals surface area contributed by atoms with Gasteiger partial charge in [0, 0.05) is 35.2 Å². The molecule has 4 nitrogen and oxygen atoms in total. The summed E-state index contributed by atoms with van der Waals surface area (Å²) in [4.78, 5) is 10.6. The lowest BCUT2D eigenvalue weighted by Crippen LogP contribution is -2.10. The summed E-state index contributed by atoms with van der Waals surface area (Å²) < 4.78 is 76.7. The average Bonchev–Trinajstić information content (AvgIpc) is 1.25. The highest BCUT2D eigenvalue weighted by atomic mass is 16.3. The van der Waals surface area contributed by atoms with Crippen LogP contribution in [0, 0.1) is 6.92 Å². The van der Waals surface area contributed by atoms with Crippen molar-refractivity contribution in [1.82, 2.24) is 14.5 Å². The fraction of sp³-hybridized carbons (Fsp3) is 0.217. The van der Waals surface area contributed by atoms with Crippen LogP contribution >= 0.6 is 0 Å². The van der Waals surface area contributed by atoms with Crippen LogP contribution in [0.3, 0.4) is 0 Å². The van der Waals surface area contributed by atoms with E-state index in [4.69, 9.17) is 22.3 Å². The van der Waals surface area contributed by atoms with Gasteiger partial charge in [-0.05, 0) is 157 Å². The molecule has 0 fully saturated rings. The highest BCUT2D eigenvalue weighted by molar-refractivity contribution is 5.99. The Bertz CT molecular complexity index is 3950. The molecule has 0 saturated carbocycles. The zero-order chi connectivity index (χ0) is 58.8. The lowest BCUT2D eigenvalue weighted by atomic mass is 9.85. The van der Waals surface area contributed by atoms with Crippen LogP contribution in [0.1, 0.15) is 121 Å².